The van der Waals surface area contributed by atoms with Crippen molar-refractivity contribution < 1.29 is 18.4 Å². The Kier molecular flexibility index (Phi) is 6.55. The standard InChI is InChI=1S/C22H24N6O4S2/c1-13(2)34(29)26-6-4-7-28-21-19(20(23)24-11-25-21)27-22(28)33-18-10-17-16(31-12-32-17)9-14(18)15-5-3-8-30-15/h3,5,8-11,13,26H,4,6-7,12H2,1-2H3,(H2,23,24,25). The quantitative estimate of drug-likeness (QED) is 0.259. The molecule has 0 aliphatic carbocycles. The summed E-state index contributed by atoms with van der Waals surface area (Å²) in [6, 6.07) is 7.58. The lowest BCUT2D eigenvalue weighted by molar-refractivity contribution is 0.174. The number of imidazole rings is 1. The van der Waals surface area contributed by atoms with Crippen LogP contribution in [0.15, 0.2) is 51.3 Å². The van der Waals surface area contributed by atoms with Crippen LogP contribution < -0.4 is 19.9 Å². The highest BCUT2D eigenvalue weighted by Crippen LogP contribution is 2.45. The summed E-state index contributed by atoms with van der Waals surface area (Å²) >= 11 is 0.391. The van der Waals surface area contributed by atoms with Gasteiger partial charge in [-0.1, -0.05) is 11.8 Å². The number of nitrogens with two attached hydrogens (primary N) is 1. The Morgan fingerprint density at radius 3 is 2.85 bits per heavy atom. The van der Waals surface area contributed by atoms with Crippen LogP contribution in [0.25, 0.3) is 22.5 Å². The Morgan fingerprint density at radius 1 is 1.26 bits per heavy atom. The Morgan fingerprint density at radius 2 is 2.09 bits per heavy atom. The Hall–Kier alpha value is -2.93. The third kappa shape index (κ3) is 4.53. The second-order valence-electron chi connectivity index (χ2n) is 7.85. The Bertz CT molecular complexity index is 1290. The molecule has 0 spiro atoms. The Labute approximate surface area is 203 Å². The van der Waals surface area contributed by atoms with Crippen molar-refractivity contribution in [2.45, 2.75) is 42.1 Å². The minimum Gasteiger partial charge on any atom is -0.598 e. The van der Waals surface area contributed by atoms with Crippen molar-refractivity contribution in [2.75, 3.05) is 19.1 Å². The maximum atomic E-state index is 12.0. The van der Waals surface area contributed by atoms with E-state index in [2.05, 4.69) is 14.7 Å². The molecule has 4 heterocycles. The van der Waals surface area contributed by atoms with Crippen molar-refractivity contribution in [3.05, 3.63) is 36.9 Å². The molecule has 10 nitrogen and oxygen atoms in total. The van der Waals surface area contributed by atoms with E-state index in [0.717, 1.165) is 16.9 Å². The number of anilines is 1. The largest absolute Gasteiger partial charge is 0.598 e. The molecule has 0 fully saturated rings. The fraction of sp³-hybridized carbons (Fsp3) is 0.318. The van der Waals surface area contributed by atoms with Gasteiger partial charge >= 0.3 is 0 Å². The molecule has 4 aromatic rings. The molecule has 0 bridgehead atoms. The van der Waals surface area contributed by atoms with Crippen LogP contribution >= 0.6 is 11.8 Å². The summed E-state index contributed by atoms with van der Waals surface area (Å²) in [6.45, 7) is 5.22. The zero-order valence-corrected chi connectivity index (χ0v) is 20.3. The lowest BCUT2D eigenvalue weighted by Crippen LogP contribution is -2.31. The molecule has 3 aromatic heterocycles. The number of benzene rings is 1. The zero-order valence-electron chi connectivity index (χ0n) is 18.7. The van der Waals surface area contributed by atoms with Gasteiger partial charge in [0.1, 0.15) is 17.3 Å². The van der Waals surface area contributed by atoms with Gasteiger partial charge < -0.3 is 28.7 Å². The first-order valence-electron chi connectivity index (χ1n) is 10.8. The third-order valence-corrected chi connectivity index (χ3v) is 7.62. The first kappa shape index (κ1) is 22.8. The average molecular weight is 501 g/mol. The van der Waals surface area contributed by atoms with Crippen LogP contribution in [0.2, 0.25) is 0 Å². The van der Waals surface area contributed by atoms with Gasteiger partial charge in [0.25, 0.3) is 0 Å². The van der Waals surface area contributed by atoms with Crippen LogP contribution in [0.3, 0.4) is 0 Å². The number of nitrogens with zero attached hydrogens (tertiary/aromatic N) is 4. The normalized spacial score (nSPS) is 13.8. The Balaban J connectivity index is 1.48. The van der Waals surface area contributed by atoms with Gasteiger partial charge in [0.2, 0.25) is 6.79 Å². The number of rotatable bonds is 9. The summed E-state index contributed by atoms with van der Waals surface area (Å²) in [5, 5.41) is 0.762. The number of aromatic nitrogens is 4. The van der Waals surface area contributed by atoms with Crippen LogP contribution in [0.1, 0.15) is 20.3 Å². The SMILES string of the molecule is CC(C)[S+]([O-])NCCCn1c(Sc2cc3c(cc2-c2ccco2)OCO3)nc2c(N)ncnc21. The molecular formula is C22H24N6O4S2. The van der Waals surface area contributed by atoms with E-state index in [9.17, 15) is 4.55 Å². The molecule has 1 aromatic carbocycles. The van der Waals surface area contributed by atoms with Crippen LogP contribution in [-0.2, 0) is 17.9 Å². The topological polar surface area (TPSA) is 136 Å². The summed E-state index contributed by atoms with van der Waals surface area (Å²) in [7, 11) is 0. The number of nitrogens with one attached hydrogen (secondary N) is 1. The van der Waals surface area contributed by atoms with Gasteiger partial charge in [-0.25, -0.2) is 15.0 Å². The molecule has 1 aliphatic rings. The zero-order chi connectivity index (χ0) is 23.7. The first-order valence-corrected chi connectivity index (χ1v) is 12.8. The van der Waals surface area contributed by atoms with Crippen molar-refractivity contribution in [2.24, 2.45) is 0 Å². The van der Waals surface area contributed by atoms with E-state index >= 15 is 0 Å². The van der Waals surface area contributed by atoms with E-state index in [0.29, 0.717) is 52.5 Å². The van der Waals surface area contributed by atoms with Crippen LogP contribution in [0.5, 0.6) is 11.5 Å². The van der Waals surface area contributed by atoms with E-state index in [1.54, 1.807) is 6.26 Å². The van der Waals surface area contributed by atoms with Crippen molar-refractivity contribution in [1.29, 1.82) is 0 Å². The third-order valence-electron chi connectivity index (χ3n) is 5.22. The summed E-state index contributed by atoms with van der Waals surface area (Å²) in [5.41, 5.74) is 8.17. The molecule has 0 amide bonds. The average Bonchev–Trinajstić information content (AvgIpc) is 3.57. The van der Waals surface area contributed by atoms with Gasteiger partial charge in [-0.05, 0) is 44.5 Å². The van der Waals surface area contributed by atoms with Crippen molar-refractivity contribution in [1.82, 2.24) is 24.2 Å². The maximum absolute atomic E-state index is 12.0. The fourth-order valence-electron chi connectivity index (χ4n) is 3.52. The molecule has 1 atom stereocenters. The van der Waals surface area contributed by atoms with E-state index < -0.39 is 11.4 Å². The van der Waals surface area contributed by atoms with Gasteiger partial charge in [-0.2, -0.15) is 0 Å². The summed E-state index contributed by atoms with van der Waals surface area (Å²) in [6.07, 6.45) is 3.80. The number of ether oxygens (including phenoxy) is 2. The molecule has 12 heteroatoms. The molecule has 1 unspecified atom stereocenters. The van der Waals surface area contributed by atoms with Crippen molar-refractivity contribution in [3.8, 4) is 22.8 Å². The number of hydrogen-bond acceptors (Lipinski definition) is 10. The minimum atomic E-state index is -1.07. The molecule has 0 saturated heterocycles. The highest BCUT2D eigenvalue weighted by atomic mass is 32.2. The number of furan rings is 1. The van der Waals surface area contributed by atoms with Gasteiger partial charge in [-0.3, -0.25) is 0 Å². The predicted octanol–water partition coefficient (Wildman–Crippen LogP) is 3.60. The van der Waals surface area contributed by atoms with E-state index in [1.807, 2.05) is 42.7 Å². The number of aryl methyl sites for hydroxylation is 1. The molecule has 1 aliphatic heterocycles. The number of nitrogen functional groups attached to an aromatic ring is 1. The summed E-state index contributed by atoms with van der Waals surface area (Å²) in [5.74, 6) is 2.37. The van der Waals surface area contributed by atoms with Gasteiger partial charge in [-0.15, -0.1) is 4.72 Å². The second-order valence-corrected chi connectivity index (χ2v) is 10.7. The van der Waals surface area contributed by atoms with Gasteiger partial charge in [0.15, 0.2) is 33.6 Å². The van der Waals surface area contributed by atoms with Crippen molar-refractivity contribution >= 4 is 40.1 Å². The van der Waals surface area contributed by atoms with E-state index in [-0.39, 0.29) is 12.0 Å². The van der Waals surface area contributed by atoms with Gasteiger partial charge in [0.05, 0.1) is 6.26 Å². The van der Waals surface area contributed by atoms with Crippen molar-refractivity contribution in [3.63, 3.8) is 0 Å². The molecule has 34 heavy (non-hydrogen) atoms. The lowest BCUT2D eigenvalue weighted by atomic mass is 10.1. The van der Waals surface area contributed by atoms with Crippen LogP contribution in [0.4, 0.5) is 5.82 Å². The molecule has 0 radical (unpaired) electrons. The first-order chi connectivity index (χ1) is 16.5. The minimum absolute atomic E-state index is 0.0544. The van der Waals surface area contributed by atoms with E-state index in [4.69, 9.17) is 24.6 Å². The highest BCUT2D eigenvalue weighted by Gasteiger charge is 2.23. The molecular weight excluding hydrogens is 476 g/mol. The molecule has 0 saturated carbocycles. The maximum Gasteiger partial charge on any atom is 0.231 e. The van der Waals surface area contributed by atoms with Crippen LogP contribution in [-0.4, -0.2) is 42.7 Å². The molecule has 5 rings (SSSR count). The van der Waals surface area contributed by atoms with Crippen LogP contribution in [0, 0.1) is 0 Å². The molecule has 3 N–H and O–H groups in total. The highest BCUT2D eigenvalue weighted by molar-refractivity contribution is 7.99. The van der Waals surface area contributed by atoms with E-state index in [1.165, 1.54) is 18.1 Å². The summed E-state index contributed by atoms with van der Waals surface area (Å²) < 4.78 is 33.9. The predicted molar refractivity (Wildman–Crippen MR) is 130 cm³/mol. The van der Waals surface area contributed by atoms with Gasteiger partial charge in [0, 0.05) is 34.9 Å². The fourth-order valence-corrected chi connectivity index (χ4v) is 5.26. The summed E-state index contributed by atoms with van der Waals surface area (Å²) in [4.78, 5) is 14.2. The lowest BCUT2D eigenvalue weighted by Gasteiger charge is -2.15. The smallest absolute Gasteiger partial charge is 0.231 e. The number of hydrogen-bond donors (Lipinski definition) is 2. The monoisotopic (exact) mass is 500 g/mol. The number of fused-ring (bicyclic) bond motifs is 2. The second kappa shape index (κ2) is 9.74. The molecule has 178 valence electrons.